The lowest BCUT2D eigenvalue weighted by Gasteiger charge is -2.04. The first-order valence-electron chi connectivity index (χ1n) is 7.90. The zero-order chi connectivity index (χ0) is 18.9. The molecule has 0 saturated heterocycles. The summed E-state index contributed by atoms with van der Waals surface area (Å²) in [4.78, 5) is 17.7. The monoisotopic (exact) mass is 370 g/mol. The molecular weight excluding hydrogens is 352 g/mol. The van der Waals surface area contributed by atoms with Gasteiger partial charge >= 0.3 is 5.97 Å². The Bertz CT molecular complexity index is 1050. The van der Waals surface area contributed by atoms with Gasteiger partial charge in [0.15, 0.2) is 9.84 Å². The summed E-state index contributed by atoms with van der Waals surface area (Å²) in [6.45, 7) is 3.30. The molecule has 0 radical (unpaired) electrons. The molecule has 0 aliphatic carbocycles. The molecule has 0 amide bonds. The molecule has 0 unspecified atom stereocenters. The fraction of sp³-hybridized carbons (Fsp3) is 0.158. The fourth-order valence-corrected chi connectivity index (χ4v) is 3.18. The Labute approximate surface area is 151 Å². The van der Waals surface area contributed by atoms with E-state index in [2.05, 4.69) is 5.10 Å². The molecule has 1 heterocycles. The van der Waals surface area contributed by atoms with Gasteiger partial charge in [-0.15, -0.1) is 5.10 Å². The van der Waals surface area contributed by atoms with Crippen molar-refractivity contribution in [2.75, 3.05) is 6.26 Å². The second-order valence-electron chi connectivity index (χ2n) is 6.04. The van der Waals surface area contributed by atoms with Crippen LogP contribution >= 0.6 is 0 Å². The zero-order valence-corrected chi connectivity index (χ0v) is 15.4. The molecule has 0 spiro atoms. The van der Waals surface area contributed by atoms with Crippen LogP contribution in [0, 0.1) is 6.92 Å². The summed E-state index contributed by atoms with van der Waals surface area (Å²) in [6.07, 6.45) is 2.79. The van der Waals surface area contributed by atoms with Gasteiger partial charge in [0.1, 0.15) is 5.69 Å². The van der Waals surface area contributed by atoms with Gasteiger partial charge in [0.05, 0.1) is 11.1 Å². The Morgan fingerprint density at radius 3 is 2.12 bits per heavy atom. The van der Waals surface area contributed by atoms with Gasteiger partial charge in [0, 0.05) is 24.3 Å². The summed E-state index contributed by atoms with van der Waals surface area (Å²) >= 11 is 0. The van der Waals surface area contributed by atoms with Crippen molar-refractivity contribution in [1.29, 1.82) is 0 Å². The molecule has 0 aliphatic rings. The highest BCUT2D eigenvalue weighted by atomic mass is 32.2. The van der Waals surface area contributed by atoms with Crippen molar-refractivity contribution in [2.45, 2.75) is 18.7 Å². The summed E-state index contributed by atoms with van der Waals surface area (Å²) in [5.41, 5.74) is 4.13. The van der Waals surface area contributed by atoms with Crippen LogP contribution in [0.5, 0.6) is 0 Å². The predicted molar refractivity (Wildman–Crippen MR) is 98.2 cm³/mol. The molecule has 3 rings (SSSR count). The van der Waals surface area contributed by atoms with Gasteiger partial charge in [-0.3, -0.25) is 0 Å². The van der Waals surface area contributed by atoms with Crippen LogP contribution in [0.2, 0.25) is 0 Å². The Hall–Kier alpha value is -2.93. The Morgan fingerprint density at radius 2 is 1.58 bits per heavy atom. The van der Waals surface area contributed by atoms with E-state index in [0.29, 0.717) is 5.69 Å². The van der Waals surface area contributed by atoms with Gasteiger partial charge in [-0.25, -0.2) is 13.2 Å². The lowest BCUT2D eigenvalue weighted by Crippen LogP contribution is -2.16. The molecule has 7 heteroatoms. The van der Waals surface area contributed by atoms with Crippen molar-refractivity contribution < 1.29 is 18.0 Å². The standard InChI is InChI=1S/C19H18N2O4S/c1-13-4-6-15(7-5-13)18-12-21(25-14(2)22)20-19(18)16-8-10-17(11-9-16)26(3,23)24/h4-12H,1-3H3. The van der Waals surface area contributed by atoms with E-state index in [0.717, 1.165) is 33.4 Å². The number of carbonyl (C=O) groups excluding carboxylic acids is 1. The molecule has 134 valence electrons. The number of carbonyl (C=O) groups is 1. The first-order valence-corrected chi connectivity index (χ1v) is 9.79. The number of hydrogen-bond donors (Lipinski definition) is 0. The fourth-order valence-electron chi connectivity index (χ4n) is 2.55. The van der Waals surface area contributed by atoms with Crippen LogP contribution < -0.4 is 4.84 Å². The molecule has 3 aromatic rings. The van der Waals surface area contributed by atoms with E-state index < -0.39 is 15.8 Å². The summed E-state index contributed by atoms with van der Waals surface area (Å²) in [7, 11) is -3.27. The van der Waals surface area contributed by atoms with Crippen molar-refractivity contribution >= 4 is 15.8 Å². The molecule has 0 fully saturated rings. The van der Waals surface area contributed by atoms with E-state index in [-0.39, 0.29) is 4.90 Å². The Morgan fingerprint density at radius 1 is 1.00 bits per heavy atom. The number of sulfone groups is 1. The van der Waals surface area contributed by atoms with Crippen molar-refractivity contribution in [2.24, 2.45) is 0 Å². The van der Waals surface area contributed by atoms with E-state index >= 15 is 0 Å². The smallest absolute Gasteiger partial charge is 0.320 e. The lowest BCUT2D eigenvalue weighted by atomic mass is 10.0. The zero-order valence-electron chi connectivity index (χ0n) is 14.6. The number of nitrogens with zero attached hydrogens (tertiary/aromatic N) is 2. The van der Waals surface area contributed by atoms with Crippen molar-refractivity contribution in [3.05, 3.63) is 60.3 Å². The molecular formula is C19H18N2O4S. The van der Waals surface area contributed by atoms with Gasteiger partial charge in [-0.1, -0.05) is 46.8 Å². The third-order valence-corrected chi connectivity index (χ3v) is 4.96. The van der Waals surface area contributed by atoms with E-state index in [1.165, 1.54) is 19.1 Å². The molecule has 26 heavy (non-hydrogen) atoms. The number of aryl methyl sites for hydroxylation is 1. The SMILES string of the molecule is CC(=O)On1cc(-c2ccc(C)cc2)c(-c2ccc(S(C)(=O)=O)cc2)n1. The van der Waals surface area contributed by atoms with Crippen molar-refractivity contribution in [3.8, 4) is 22.4 Å². The minimum Gasteiger partial charge on any atom is -0.320 e. The lowest BCUT2D eigenvalue weighted by molar-refractivity contribution is -0.143. The highest BCUT2D eigenvalue weighted by Gasteiger charge is 2.16. The highest BCUT2D eigenvalue weighted by molar-refractivity contribution is 7.90. The maximum absolute atomic E-state index is 11.6. The van der Waals surface area contributed by atoms with E-state index in [1.54, 1.807) is 18.3 Å². The van der Waals surface area contributed by atoms with Gasteiger partial charge in [0.2, 0.25) is 0 Å². The number of hydrogen-bond acceptors (Lipinski definition) is 5. The third-order valence-electron chi connectivity index (χ3n) is 3.83. The first kappa shape index (κ1) is 17.9. The summed E-state index contributed by atoms with van der Waals surface area (Å²) in [6, 6.07) is 14.3. The number of benzene rings is 2. The first-order chi connectivity index (χ1) is 12.2. The molecule has 0 bridgehead atoms. The molecule has 0 atom stereocenters. The minimum absolute atomic E-state index is 0.234. The molecule has 2 aromatic carbocycles. The number of aromatic nitrogens is 2. The van der Waals surface area contributed by atoms with Crippen LogP contribution in [0.25, 0.3) is 22.4 Å². The van der Waals surface area contributed by atoms with Crippen molar-refractivity contribution in [3.63, 3.8) is 0 Å². The van der Waals surface area contributed by atoms with Gasteiger partial charge in [-0.05, 0) is 24.6 Å². The van der Waals surface area contributed by atoms with Gasteiger partial charge in [0.25, 0.3) is 0 Å². The number of rotatable bonds is 4. The Balaban J connectivity index is 2.11. The normalized spacial score (nSPS) is 11.3. The molecule has 6 nitrogen and oxygen atoms in total. The van der Waals surface area contributed by atoms with Crippen LogP contribution in [0.3, 0.4) is 0 Å². The Kier molecular flexibility index (Phi) is 4.65. The van der Waals surface area contributed by atoms with E-state index in [4.69, 9.17) is 4.84 Å². The molecule has 0 N–H and O–H groups in total. The van der Waals surface area contributed by atoms with Crippen LogP contribution in [-0.2, 0) is 14.6 Å². The van der Waals surface area contributed by atoms with Crippen LogP contribution in [0.4, 0.5) is 0 Å². The predicted octanol–water partition coefficient (Wildman–Crippen LogP) is 2.90. The minimum atomic E-state index is -3.27. The van der Waals surface area contributed by atoms with Crippen LogP contribution in [-0.4, -0.2) is 30.6 Å². The molecule has 0 aliphatic heterocycles. The van der Waals surface area contributed by atoms with E-state index in [1.807, 2.05) is 31.2 Å². The quantitative estimate of drug-likeness (QED) is 0.706. The topological polar surface area (TPSA) is 78.3 Å². The molecule has 0 saturated carbocycles. The van der Waals surface area contributed by atoms with E-state index in [9.17, 15) is 13.2 Å². The second kappa shape index (κ2) is 6.76. The second-order valence-corrected chi connectivity index (χ2v) is 8.06. The summed E-state index contributed by atoms with van der Waals surface area (Å²) in [5, 5.41) is 4.34. The summed E-state index contributed by atoms with van der Waals surface area (Å²) in [5.74, 6) is -0.484. The third kappa shape index (κ3) is 3.83. The largest absolute Gasteiger partial charge is 0.331 e. The van der Waals surface area contributed by atoms with Crippen LogP contribution in [0.15, 0.2) is 59.6 Å². The van der Waals surface area contributed by atoms with Crippen LogP contribution in [0.1, 0.15) is 12.5 Å². The molecule has 1 aromatic heterocycles. The highest BCUT2D eigenvalue weighted by Crippen LogP contribution is 2.31. The van der Waals surface area contributed by atoms with Gasteiger partial charge in [-0.2, -0.15) is 0 Å². The summed E-state index contributed by atoms with van der Waals surface area (Å²) < 4.78 is 23.3. The van der Waals surface area contributed by atoms with Gasteiger partial charge < -0.3 is 4.84 Å². The maximum atomic E-state index is 11.6. The average Bonchev–Trinajstić information content (AvgIpc) is 2.98. The maximum Gasteiger partial charge on any atom is 0.331 e. The average molecular weight is 370 g/mol. The van der Waals surface area contributed by atoms with Crippen molar-refractivity contribution in [1.82, 2.24) is 9.94 Å².